The monoisotopic (exact) mass is 226 g/mol. The highest BCUT2D eigenvalue weighted by Crippen LogP contribution is 2.24. The predicted octanol–water partition coefficient (Wildman–Crippen LogP) is -0.135. The van der Waals surface area contributed by atoms with Gasteiger partial charge in [0, 0.05) is 6.42 Å². The molecule has 1 atom stereocenters. The zero-order valence-corrected chi connectivity index (χ0v) is 7.90. The van der Waals surface area contributed by atoms with E-state index in [9.17, 15) is 18.4 Å². The van der Waals surface area contributed by atoms with E-state index in [0.717, 1.165) is 0 Å². The van der Waals surface area contributed by atoms with Gasteiger partial charge in [-0.2, -0.15) is 0 Å². The summed E-state index contributed by atoms with van der Waals surface area (Å²) in [5, 5.41) is 4.22. The zero-order chi connectivity index (χ0) is 10.8. The second-order valence-electron chi connectivity index (χ2n) is 3.04. The summed E-state index contributed by atoms with van der Waals surface area (Å²) in [6.07, 6.45) is -0.589. The van der Waals surface area contributed by atoms with Crippen LogP contribution < -0.4 is 10.6 Å². The Morgan fingerprint density at radius 2 is 2.21 bits per heavy atom. The Bertz CT molecular complexity index is 260. The minimum Gasteiger partial charge on any atom is -0.300 e. The Kier molecular flexibility index (Phi) is 3.38. The Hall–Kier alpha value is -0.750. The second-order valence-corrected chi connectivity index (χ2v) is 3.31. The van der Waals surface area contributed by atoms with Crippen LogP contribution in [0.1, 0.15) is 6.42 Å². The van der Waals surface area contributed by atoms with Crippen molar-refractivity contribution in [1.82, 2.24) is 10.6 Å². The van der Waals surface area contributed by atoms with Crippen LogP contribution in [-0.4, -0.2) is 36.2 Å². The van der Waals surface area contributed by atoms with Crippen LogP contribution in [0.4, 0.5) is 8.78 Å². The molecule has 1 aliphatic heterocycles. The standard InChI is InChI=1S/C7H9ClF2N2O2/c8-2-5(13)12-6(14)4-1-7(9,10)3-11-4/h4,11H,1-3H2,(H,12,13,14)/t4-/m0/s1. The van der Waals surface area contributed by atoms with Crippen LogP contribution in [0.25, 0.3) is 0 Å². The third kappa shape index (κ3) is 2.88. The molecule has 1 rings (SSSR count). The molecule has 1 heterocycles. The van der Waals surface area contributed by atoms with Crippen molar-refractivity contribution >= 4 is 23.4 Å². The smallest absolute Gasteiger partial charge is 0.262 e. The summed E-state index contributed by atoms with van der Waals surface area (Å²) in [5.41, 5.74) is 0. The summed E-state index contributed by atoms with van der Waals surface area (Å²) in [6.45, 7) is -0.542. The molecule has 14 heavy (non-hydrogen) atoms. The molecule has 2 amide bonds. The maximum Gasteiger partial charge on any atom is 0.262 e. The van der Waals surface area contributed by atoms with E-state index in [0.29, 0.717) is 0 Å². The average Bonchev–Trinajstić information content (AvgIpc) is 2.46. The van der Waals surface area contributed by atoms with Gasteiger partial charge in [-0.25, -0.2) is 8.78 Å². The van der Waals surface area contributed by atoms with Crippen LogP contribution in [0.3, 0.4) is 0 Å². The molecule has 7 heteroatoms. The van der Waals surface area contributed by atoms with E-state index in [-0.39, 0.29) is 5.88 Å². The lowest BCUT2D eigenvalue weighted by atomic mass is 10.2. The number of hydrogen-bond acceptors (Lipinski definition) is 3. The largest absolute Gasteiger partial charge is 0.300 e. The highest BCUT2D eigenvalue weighted by atomic mass is 35.5. The van der Waals surface area contributed by atoms with Gasteiger partial charge in [-0.05, 0) is 0 Å². The number of carbonyl (C=O) groups is 2. The predicted molar refractivity (Wildman–Crippen MR) is 45.2 cm³/mol. The van der Waals surface area contributed by atoms with Crippen molar-refractivity contribution in [3.8, 4) is 0 Å². The summed E-state index contributed by atoms with van der Waals surface area (Å²) in [5.74, 6) is -4.69. The van der Waals surface area contributed by atoms with Gasteiger partial charge in [0.2, 0.25) is 11.8 Å². The summed E-state index contributed by atoms with van der Waals surface area (Å²) in [7, 11) is 0. The van der Waals surface area contributed by atoms with E-state index < -0.39 is 36.7 Å². The Morgan fingerprint density at radius 1 is 1.57 bits per heavy atom. The van der Waals surface area contributed by atoms with Crippen molar-refractivity contribution in [1.29, 1.82) is 0 Å². The molecule has 0 bridgehead atoms. The van der Waals surface area contributed by atoms with Gasteiger partial charge in [0.25, 0.3) is 5.92 Å². The highest BCUT2D eigenvalue weighted by Gasteiger charge is 2.42. The third-order valence-electron chi connectivity index (χ3n) is 1.81. The number of carbonyl (C=O) groups excluding carboxylic acids is 2. The molecule has 0 aromatic carbocycles. The van der Waals surface area contributed by atoms with Crippen LogP contribution in [0.5, 0.6) is 0 Å². The fourth-order valence-corrected chi connectivity index (χ4v) is 1.23. The van der Waals surface area contributed by atoms with Gasteiger partial charge in [0.05, 0.1) is 12.6 Å². The van der Waals surface area contributed by atoms with Crippen molar-refractivity contribution < 1.29 is 18.4 Å². The van der Waals surface area contributed by atoms with Gasteiger partial charge in [0.1, 0.15) is 5.88 Å². The second kappa shape index (κ2) is 4.18. The van der Waals surface area contributed by atoms with Crippen LogP contribution in [0.2, 0.25) is 0 Å². The van der Waals surface area contributed by atoms with Crippen LogP contribution in [-0.2, 0) is 9.59 Å². The first-order chi connectivity index (χ1) is 6.44. The first kappa shape index (κ1) is 11.3. The van der Waals surface area contributed by atoms with Crippen molar-refractivity contribution in [3.63, 3.8) is 0 Å². The fraction of sp³-hybridized carbons (Fsp3) is 0.714. The fourth-order valence-electron chi connectivity index (χ4n) is 1.16. The number of imide groups is 1. The minimum atomic E-state index is -2.88. The van der Waals surface area contributed by atoms with Gasteiger partial charge in [0.15, 0.2) is 0 Å². The lowest BCUT2D eigenvalue weighted by Gasteiger charge is -2.08. The Labute approximate surface area is 84.0 Å². The molecule has 0 unspecified atom stereocenters. The van der Waals surface area contributed by atoms with Crippen molar-refractivity contribution in [2.24, 2.45) is 0 Å². The Morgan fingerprint density at radius 3 is 2.64 bits per heavy atom. The normalized spacial score (nSPS) is 24.6. The molecule has 2 N–H and O–H groups in total. The average molecular weight is 227 g/mol. The summed E-state index contributed by atoms with van der Waals surface area (Å²) >= 11 is 5.13. The number of halogens is 3. The molecule has 0 aromatic rings. The lowest BCUT2D eigenvalue weighted by Crippen LogP contribution is -2.43. The molecule has 4 nitrogen and oxygen atoms in total. The molecule has 0 aromatic heterocycles. The molecule has 1 saturated heterocycles. The number of amides is 2. The maximum atomic E-state index is 12.6. The number of hydrogen-bond donors (Lipinski definition) is 2. The number of alkyl halides is 3. The molecule has 0 radical (unpaired) electrons. The maximum absolute atomic E-state index is 12.6. The van der Waals surface area contributed by atoms with E-state index in [4.69, 9.17) is 11.6 Å². The first-order valence-corrected chi connectivity index (χ1v) is 4.49. The minimum absolute atomic E-state index is 0.366. The van der Waals surface area contributed by atoms with Crippen molar-refractivity contribution in [3.05, 3.63) is 0 Å². The topological polar surface area (TPSA) is 58.2 Å². The molecule has 1 fully saturated rings. The van der Waals surface area contributed by atoms with Gasteiger partial charge in [-0.3, -0.25) is 20.2 Å². The van der Waals surface area contributed by atoms with E-state index in [2.05, 4.69) is 5.32 Å². The number of nitrogens with one attached hydrogen (secondary N) is 2. The van der Waals surface area contributed by atoms with Crippen molar-refractivity contribution in [2.45, 2.75) is 18.4 Å². The first-order valence-electron chi connectivity index (χ1n) is 3.95. The molecule has 0 spiro atoms. The molecule has 0 aliphatic carbocycles. The van der Waals surface area contributed by atoms with E-state index in [1.165, 1.54) is 0 Å². The summed E-state index contributed by atoms with van der Waals surface area (Å²) in [4.78, 5) is 21.8. The van der Waals surface area contributed by atoms with Gasteiger partial charge >= 0.3 is 0 Å². The summed E-state index contributed by atoms with van der Waals surface area (Å²) < 4.78 is 25.2. The molecule has 0 saturated carbocycles. The van der Waals surface area contributed by atoms with Crippen molar-refractivity contribution in [2.75, 3.05) is 12.4 Å². The zero-order valence-electron chi connectivity index (χ0n) is 7.15. The third-order valence-corrected chi connectivity index (χ3v) is 2.05. The van der Waals surface area contributed by atoms with E-state index >= 15 is 0 Å². The van der Waals surface area contributed by atoms with Crippen LogP contribution in [0, 0.1) is 0 Å². The number of rotatable bonds is 2. The Balaban J connectivity index is 2.44. The van der Waals surface area contributed by atoms with E-state index in [1.54, 1.807) is 0 Å². The quantitative estimate of drug-likeness (QED) is 0.645. The lowest BCUT2D eigenvalue weighted by molar-refractivity contribution is -0.130. The molecule has 80 valence electrons. The SMILES string of the molecule is O=C(CCl)NC(=O)[C@@H]1CC(F)(F)CN1. The van der Waals surface area contributed by atoms with Gasteiger partial charge in [-0.1, -0.05) is 0 Å². The van der Waals surface area contributed by atoms with Crippen LogP contribution in [0.15, 0.2) is 0 Å². The van der Waals surface area contributed by atoms with Gasteiger partial charge in [-0.15, -0.1) is 11.6 Å². The van der Waals surface area contributed by atoms with Gasteiger partial charge < -0.3 is 0 Å². The molecule has 1 aliphatic rings. The van der Waals surface area contributed by atoms with E-state index in [1.807, 2.05) is 5.32 Å². The highest BCUT2D eigenvalue weighted by molar-refractivity contribution is 6.28. The van der Waals surface area contributed by atoms with Crippen LogP contribution >= 0.6 is 11.6 Å². The summed E-state index contributed by atoms with van der Waals surface area (Å²) in [6, 6.07) is -1.02. The molecular weight excluding hydrogens is 218 g/mol. The molecular formula is C7H9ClF2N2O2.